The molecule has 2 aromatic heterocycles. The van der Waals surface area contributed by atoms with Gasteiger partial charge in [0.2, 0.25) is 0 Å². The standard InChI is InChI=1S/C26H23ClN4O4S2/c1-34-21-7-3-5-16(23(21)35-2)13-29-25(33)20-15-36-22(31-20)14-30-24(32)19-6-4-12-28-26(19)37-18-10-8-17(27)9-11-18/h3-12,15H,13-14H2,1-2H3,(H,29,33)(H,30,32). The number of carbonyl (C=O) groups excluding carboxylic acids is 2. The minimum atomic E-state index is -0.326. The molecule has 2 N–H and O–H groups in total. The van der Waals surface area contributed by atoms with Crippen molar-refractivity contribution in [2.24, 2.45) is 0 Å². The van der Waals surface area contributed by atoms with Gasteiger partial charge < -0.3 is 20.1 Å². The molecule has 8 nitrogen and oxygen atoms in total. The van der Waals surface area contributed by atoms with Gasteiger partial charge in [0.1, 0.15) is 15.7 Å². The fourth-order valence-electron chi connectivity index (χ4n) is 3.37. The normalized spacial score (nSPS) is 10.6. The number of carbonyl (C=O) groups is 2. The molecule has 2 heterocycles. The number of hydrogen-bond acceptors (Lipinski definition) is 8. The van der Waals surface area contributed by atoms with Gasteiger partial charge >= 0.3 is 0 Å². The molecule has 11 heteroatoms. The zero-order valence-electron chi connectivity index (χ0n) is 20.0. The average Bonchev–Trinajstić information content (AvgIpc) is 3.41. The minimum Gasteiger partial charge on any atom is -0.493 e. The Morgan fingerprint density at radius 3 is 2.51 bits per heavy atom. The zero-order valence-corrected chi connectivity index (χ0v) is 22.4. The lowest BCUT2D eigenvalue weighted by molar-refractivity contribution is 0.0942. The molecule has 0 bridgehead atoms. The molecule has 0 saturated heterocycles. The van der Waals surface area contributed by atoms with Crippen LogP contribution >= 0.6 is 34.7 Å². The summed E-state index contributed by atoms with van der Waals surface area (Å²) in [6.07, 6.45) is 1.64. The Morgan fingerprint density at radius 1 is 0.973 bits per heavy atom. The molecule has 2 amide bonds. The van der Waals surface area contributed by atoms with Gasteiger partial charge in [-0.15, -0.1) is 11.3 Å². The van der Waals surface area contributed by atoms with Crippen molar-refractivity contribution < 1.29 is 19.1 Å². The predicted octanol–water partition coefficient (Wildman–Crippen LogP) is 5.22. The Balaban J connectivity index is 1.35. The van der Waals surface area contributed by atoms with Gasteiger partial charge in [0, 0.05) is 33.6 Å². The van der Waals surface area contributed by atoms with Crippen molar-refractivity contribution in [2.75, 3.05) is 14.2 Å². The first-order valence-corrected chi connectivity index (χ1v) is 13.1. The Morgan fingerprint density at radius 2 is 1.76 bits per heavy atom. The number of nitrogens with one attached hydrogen (secondary N) is 2. The van der Waals surface area contributed by atoms with Gasteiger partial charge in [0.15, 0.2) is 11.5 Å². The molecule has 0 saturated carbocycles. The highest BCUT2D eigenvalue weighted by atomic mass is 35.5. The number of amides is 2. The summed E-state index contributed by atoms with van der Waals surface area (Å²) in [5.74, 6) is 0.545. The number of thiazole rings is 1. The van der Waals surface area contributed by atoms with Crippen molar-refractivity contribution in [1.29, 1.82) is 0 Å². The monoisotopic (exact) mass is 554 g/mol. The van der Waals surface area contributed by atoms with Gasteiger partial charge in [-0.1, -0.05) is 35.5 Å². The van der Waals surface area contributed by atoms with Gasteiger partial charge in [-0.05, 0) is 42.5 Å². The molecule has 0 atom stereocenters. The van der Waals surface area contributed by atoms with E-state index in [1.54, 1.807) is 56.1 Å². The highest BCUT2D eigenvalue weighted by Crippen LogP contribution is 2.31. The Labute approximate surface area is 227 Å². The Hall–Kier alpha value is -3.60. The maximum atomic E-state index is 12.9. The quantitative estimate of drug-likeness (QED) is 0.277. The fourth-order valence-corrected chi connectivity index (χ4v) is 5.09. The van der Waals surface area contributed by atoms with Crippen LogP contribution in [0.15, 0.2) is 76.1 Å². The van der Waals surface area contributed by atoms with E-state index < -0.39 is 0 Å². The van der Waals surface area contributed by atoms with Crippen LogP contribution in [0.5, 0.6) is 11.5 Å². The van der Waals surface area contributed by atoms with E-state index >= 15 is 0 Å². The van der Waals surface area contributed by atoms with Crippen LogP contribution in [0.3, 0.4) is 0 Å². The van der Waals surface area contributed by atoms with Crippen LogP contribution in [0.1, 0.15) is 31.4 Å². The predicted molar refractivity (Wildman–Crippen MR) is 144 cm³/mol. The molecule has 2 aromatic carbocycles. The number of ether oxygens (including phenoxy) is 2. The summed E-state index contributed by atoms with van der Waals surface area (Å²) in [5, 5.41) is 9.18. The molecule has 0 radical (unpaired) electrons. The van der Waals surface area contributed by atoms with Crippen molar-refractivity contribution in [3.05, 3.63) is 93.0 Å². The van der Waals surface area contributed by atoms with E-state index in [1.165, 1.54) is 23.1 Å². The van der Waals surface area contributed by atoms with E-state index in [0.717, 1.165) is 10.5 Å². The number of aromatic nitrogens is 2. The molecular weight excluding hydrogens is 532 g/mol. The number of methoxy groups -OCH3 is 2. The summed E-state index contributed by atoms with van der Waals surface area (Å²) in [4.78, 5) is 35.2. The zero-order chi connectivity index (χ0) is 26.2. The van der Waals surface area contributed by atoms with Crippen molar-refractivity contribution in [3.8, 4) is 11.5 Å². The van der Waals surface area contributed by atoms with Crippen molar-refractivity contribution in [2.45, 2.75) is 23.0 Å². The second-order valence-electron chi connectivity index (χ2n) is 7.56. The second-order valence-corrected chi connectivity index (χ2v) is 10.00. The van der Waals surface area contributed by atoms with E-state index in [-0.39, 0.29) is 30.6 Å². The van der Waals surface area contributed by atoms with E-state index in [1.807, 2.05) is 24.3 Å². The summed E-state index contributed by atoms with van der Waals surface area (Å²) < 4.78 is 10.7. The fraction of sp³-hybridized carbons (Fsp3) is 0.154. The number of halogens is 1. The molecule has 37 heavy (non-hydrogen) atoms. The smallest absolute Gasteiger partial charge is 0.271 e. The largest absolute Gasteiger partial charge is 0.493 e. The summed E-state index contributed by atoms with van der Waals surface area (Å²) in [6, 6.07) is 16.2. The molecule has 0 unspecified atom stereocenters. The van der Waals surface area contributed by atoms with Crippen LogP contribution in [0.2, 0.25) is 5.02 Å². The highest BCUT2D eigenvalue weighted by molar-refractivity contribution is 7.99. The number of pyridine rings is 1. The van der Waals surface area contributed by atoms with Gasteiger partial charge in [0.25, 0.3) is 11.8 Å². The third kappa shape index (κ3) is 6.79. The molecule has 190 valence electrons. The average molecular weight is 555 g/mol. The van der Waals surface area contributed by atoms with Gasteiger partial charge in [0.05, 0.1) is 26.3 Å². The Kier molecular flexibility index (Phi) is 8.99. The van der Waals surface area contributed by atoms with Gasteiger partial charge in [-0.25, -0.2) is 9.97 Å². The highest BCUT2D eigenvalue weighted by Gasteiger charge is 2.16. The Bertz CT molecular complexity index is 1400. The van der Waals surface area contributed by atoms with Crippen LogP contribution < -0.4 is 20.1 Å². The van der Waals surface area contributed by atoms with Crippen molar-refractivity contribution >= 4 is 46.5 Å². The SMILES string of the molecule is COc1cccc(CNC(=O)c2csc(CNC(=O)c3cccnc3Sc3ccc(Cl)cc3)n2)c1OC. The number of para-hydroxylation sites is 1. The summed E-state index contributed by atoms with van der Waals surface area (Å²) >= 11 is 8.63. The molecule has 4 rings (SSSR count). The first kappa shape index (κ1) is 26.5. The summed E-state index contributed by atoms with van der Waals surface area (Å²) in [6.45, 7) is 0.429. The van der Waals surface area contributed by atoms with Crippen LogP contribution in [0, 0.1) is 0 Å². The van der Waals surface area contributed by atoms with Crippen molar-refractivity contribution in [1.82, 2.24) is 20.6 Å². The summed E-state index contributed by atoms with van der Waals surface area (Å²) in [7, 11) is 3.11. The molecular formula is C26H23ClN4O4S2. The molecule has 0 aliphatic heterocycles. The molecule has 0 aliphatic carbocycles. The van der Waals surface area contributed by atoms with E-state index in [2.05, 4.69) is 20.6 Å². The van der Waals surface area contributed by atoms with E-state index in [9.17, 15) is 9.59 Å². The van der Waals surface area contributed by atoms with E-state index in [4.69, 9.17) is 21.1 Å². The van der Waals surface area contributed by atoms with Crippen molar-refractivity contribution in [3.63, 3.8) is 0 Å². The van der Waals surface area contributed by atoms with Gasteiger partial charge in [-0.3, -0.25) is 9.59 Å². The minimum absolute atomic E-state index is 0.181. The molecule has 0 aliphatic rings. The van der Waals surface area contributed by atoms with Crippen LogP contribution in [-0.2, 0) is 13.1 Å². The van der Waals surface area contributed by atoms with E-state index in [0.29, 0.717) is 32.1 Å². The van der Waals surface area contributed by atoms with Gasteiger partial charge in [-0.2, -0.15) is 0 Å². The third-order valence-corrected chi connectivity index (χ3v) is 7.28. The molecule has 0 fully saturated rings. The van der Waals surface area contributed by atoms with Crippen LogP contribution in [0.25, 0.3) is 0 Å². The maximum absolute atomic E-state index is 12.9. The molecule has 4 aromatic rings. The lowest BCUT2D eigenvalue weighted by Gasteiger charge is -2.12. The third-order valence-electron chi connectivity index (χ3n) is 5.15. The lowest BCUT2D eigenvalue weighted by atomic mass is 10.2. The first-order valence-electron chi connectivity index (χ1n) is 11.1. The number of benzene rings is 2. The first-order chi connectivity index (χ1) is 18.0. The number of nitrogens with zero attached hydrogens (tertiary/aromatic N) is 2. The van der Waals surface area contributed by atoms with Crippen LogP contribution in [-0.4, -0.2) is 36.0 Å². The maximum Gasteiger partial charge on any atom is 0.271 e. The number of hydrogen-bond donors (Lipinski definition) is 2. The second kappa shape index (κ2) is 12.6. The summed E-state index contributed by atoms with van der Waals surface area (Å²) in [5.41, 5.74) is 1.50. The lowest BCUT2D eigenvalue weighted by Crippen LogP contribution is -2.25. The number of rotatable bonds is 10. The molecule has 0 spiro atoms. The topological polar surface area (TPSA) is 102 Å². The van der Waals surface area contributed by atoms with Crippen LogP contribution in [0.4, 0.5) is 0 Å².